The molecule has 0 radical (unpaired) electrons. The Labute approximate surface area is 121 Å². The van der Waals surface area contributed by atoms with E-state index in [-0.39, 0.29) is 16.4 Å². The first-order chi connectivity index (χ1) is 10.1. The number of aryl methyl sites for hydroxylation is 1. The number of hydrogen-bond acceptors (Lipinski definition) is 4. The van der Waals surface area contributed by atoms with Gasteiger partial charge in [-0.25, -0.2) is 4.98 Å². The average molecular weight is 298 g/mol. The number of aromatic amines is 2. The molecule has 0 amide bonds. The fourth-order valence-corrected chi connectivity index (χ4v) is 3.27. The van der Waals surface area contributed by atoms with E-state index in [4.69, 9.17) is 0 Å². The van der Waals surface area contributed by atoms with Crippen molar-refractivity contribution in [2.24, 2.45) is 0 Å². The molecule has 0 fully saturated rings. The van der Waals surface area contributed by atoms with Crippen molar-refractivity contribution in [3.05, 3.63) is 56.6 Å². The minimum absolute atomic E-state index is 0.125. The summed E-state index contributed by atoms with van der Waals surface area (Å²) in [5.74, 6) is 0. The lowest BCUT2D eigenvalue weighted by Gasteiger charge is -1.93. The molecule has 0 bridgehead atoms. The summed E-state index contributed by atoms with van der Waals surface area (Å²) in [6.07, 6.45) is 0. The van der Waals surface area contributed by atoms with Crippen LogP contribution in [0.2, 0.25) is 0 Å². The number of pyridine rings is 1. The summed E-state index contributed by atoms with van der Waals surface area (Å²) < 4.78 is 2.30. The zero-order valence-electron chi connectivity index (χ0n) is 11.0. The molecular weight excluding hydrogens is 288 g/mol. The van der Waals surface area contributed by atoms with E-state index in [9.17, 15) is 9.59 Å². The quantitative estimate of drug-likeness (QED) is 0.563. The molecule has 0 aliphatic carbocycles. The second-order valence-corrected chi connectivity index (χ2v) is 5.79. The summed E-state index contributed by atoms with van der Waals surface area (Å²) in [7, 11) is 0. The summed E-state index contributed by atoms with van der Waals surface area (Å²) in [5.41, 5.74) is 1.27. The standard InChI is InChI=1S/C14H10N4O2S/c1-7-6-9(19)11-12(15-7)17-18(13(11)20)14-16-8-4-2-3-5-10(8)21-14/h2-6H,1H3,(H2,15,17,19). The first-order valence-corrected chi connectivity index (χ1v) is 7.16. The van der Waals surface area contributed by atoms with Crippen molar-refractivity contribution in [3.8, 4) is 5.13 Å². The summed E-state index contributed by atoms with van der Waals surface area (Å²) >= 11 is 1.39. The van der Waals surface area contributed by atoms with Gasteiger partial charge in [-0.15, -0.1) is 0 Å². The topological polar surface area (TPSA) is 83.5 Å². The number of aromatic nitrogens is 4. The molecular formula is C14H10N4O2S. The van der Waals surface area contributed by atoms with Gasteiger partial charge in [-0.2, -0.15) is 4.68 Å². The molecule has 0 aliphatic heterocycles. The van der Waals surface area contributed by atoms with Crippen LogP contribution in [0.4, 0.5) is 0 Å². The van der Waals surface area contributed by atoms with Crippen LogP contribution >= 0.6 is 11.3 Å². The molecule has 1 aromatic carbocycles. The van der Waals surface area contributed by atoms with Crippen LogP contribution < -0.4 is 11.0 Å². The maximum atomic E-state index is 12.4. The number of nitrogens with one attached hydrogen (secondary N) is 2. The highest BCUT2D eigenvalue weighted by Crippen LogP contribution is 2.23. The lowest BCUT2D eigenvalue weighted by molar-refractivity contribution is 0.850. The molecule has 0 aliphatic rings. The molecule has 7 heteroatoms. The Balaban J connectivity index is 2.06. The molecule has 0 saturated carbocycles. The van der Waals surface area contributed by atoms with E-state index < -0.39 is 0 Å². The Bertz CT molecular complexity index is 1070. The van der Waals surface area contributed by atoms with Gasteiger partial charge in [-0.05, 0) is 19.1 Å². The average Bonchev–Trinajstić information content (AvgIpc) is 2.99. The number of hydrogen-bond donors (Lipinski definition) is 2. The van der Waals surface area contributed by atoms with Crippen LogP contribution in [0, 0.1) is 6.92 Å². The third-order valence-corrected chi connectivity index (χ3v) is 4.30. The molecule has 21 heavy (non-hydrogen) atoms. The molecule has 2 N–H and O–H groups in total. The molecule has 6 nitrogen and oxygen atoms in total. The predicted octanol–water partition coefficient (Wildman–Crippen LogP) is 1.93. The molecule has 104 valence electrons. The van der Waals surface area contributed by atoms with Crippen molar-refractivity contribution in [2.75, 3.05) is 0 Å². The number of thiazole rings is 1. The molecule has 4 aromatic rings. The lowest BCUT2D eigenvalue weighted by Crippen LogP contribution is -2.17. The Morgan fingerprint density at radius 3 is 2.86 bits per heavy atom. The van der Waals surface area contributed by atoms with Crippen LogP contribution in [-0.4, -0.2) is 19.7 Å². The number of nitrogens with zero attached hydrogens (tertiary/aromatic N) is 2. The van der Waals surface area contributed by atoms with Crippen molar-refractivity contribution in [1.82, 2.24) is 19.7 Å². The summed E-state index contributed by atoms with van der Waals surface area (Å²) in [5, 5.41) is 3.56. The lowest BCUT2D eigenvalue weighted by atomic mass is 10.3. The Hall–Kier alpha value is -2.67. The third kappa shape index (κ3) is 1.74. The number of para-hydroxylation sites is 1. The van der Waals surface area contributed by atoms with Gasteiger partial charge in [0.25, 0.3) is 5.56 Å². The summed E-state index contributed by atoms with van der Waals surface area (Å²) in [6, 6.07) is 9.07. The highest BCUT2D eigenvalue weighted by molar-refractivity contribution is 7.20. The minimum atomic E-state index is -0.384. The zero-order valence-corrected chi connectivity index (χ0v) is 11.8. The second kappa shape index (κ2) is 4.16. The number of rotatable bonds is 1. The normalized spacial score (nSPS) is 11.5. The van der Waals surface area contributed by atoms with Gasteiger partial charge in [-0.1, -0.05) is 23.5 Å². The van der Waals surface area contributed by atoms with Gasteiger partial charge in [-0.3, -0.25) is 14.7 Å². The monoisotopic (exact) mass is 298 g/mol. The molecule has 4 rings (SSSR count). The van der Waals surface area contributed by atoms with Crippen LogP contribution in [0.5, 0.6) is 0 Å². The van der Waals surface area contributed by atoms with Crippen LogP contribution in [0.3, 0.4) is 0 Å². The third-order valence-electron chi connectivity index (χ3n) is 3.28. The minimum Gasteiger partial charge on any atom is -0.344 e. The Morgan fingerprint density at radius 1 is 1.24 bits per heavy atom. The Kier molecular flexibility index (Phi) is 2.40. The molecule has 0 saturated heterocycles. The van der Waals surface area contributed by atoms with Gasteiger partial charge >= 0.3 is 0 Å². The van der Waals surface area contributed by atoms with E-state index >= 15 is 0 Å². The fraction of sp³-hybridized carbons (Fsp3) is 0.0714. The van der Waals surface area contributed by atoms with Crippen molar-refractivity contribution < 1.29 is 0 Å². The van der Waals surface area contributed by atoms with Gasteiger partial charge in [0.1, 0.15) is 11.0 Å². The first-order valence-electron chi connectivity index (χ1n) is 6.34. The van der Waals surface area contributed by atoms with Gasteiger partial charge in [0, 0.05) is 11.8 Å². The van der Waals surface area contributed by atoms with Gasteiger partial charge in [0.15, 0.2) is 5.43 Å². The second-order valence-electron chi connectivity index (χ2n) is 4.78. The highest BCUT2D eigenvalue weighted by Gasteiger charge is 2.15. The highest BCUT2D eigenvalue weighted by atomic mass is 32.1. The predicted molar refractivity (Wildman–Crippen MR) is 82.4 cm³/mol. The first kappa shape index (κ1) is 12.1. The summed E-state index contributed by atoms with van der Waals surface area (Å²) in [4.78, 5) is 31.8. The number of fused-ring (bicyclic) bond motifs is 2. The van der Waals surface area contributed by atoms with Crippen molar-refractivity contribution in [1.29, 1.82) is 0 Å². The van der Waals surface area contributed by atoms with Crippen molar-refractivity contribution >= 4 is 32.6 Å². The smallest absolute Gasteiger partial charge is 0.286 e. The maximum Gasteiger partial charge on any atom is 0.286 e. The zero-order chi connectivity index (χ0) is 14.6. The van der Waals surface area contributed by atoms with E-state index in [0.717, 1.165) is 10.2 Å². The van der Waals surface area contributed by atoms with E-state index in [0.29, 0.717) is 16.5 Å². The van der Waals surface area contributed by atoms with E-state index in [1.807, 2.05) is 24.3 Å². The van der Waals surface area contributed by atoms with E-state index in [1.54, 1.807) is 6.92 Å². The summed E-state index contributed by atoms with van der Waals surface area (Å²) in [6.45, 7) is 1.77. The van der Waals surface area contributed by atoms with E-state index in [1.165, 1.54) is 22.1 Å². The van der Waals surface area contributed by atoms with Crippen LogP contribution in [0.25, 0.3) is 26.4 Å². The number of H-pyrrole nitrogens is 2. The SMILES string of the molecule is Cc1cc(=O)c2c(=O)n(-c3nc4ccccc4s3)[nH]c2[nH]1. The van der Waals surface area contributed by atoms with Crippen molar-refractivity contribution in [2.45, 2.75) is 6.92 Å². The van der Waals surface area contributed by atoms with Crippen LogP contribution in [-0.2, 0) is 0 Å². The molecule has 0 atom stereocenters. The van der Waals surface area contributed by atoms with E-state index in [2.05, 4.69) is 15.1 Å². The van der Waals surface area contributed by atoms with Crippen molar-refractivity contribution in [3.63, 3.8) is 0 Å². The van der Waals surface area contributed by atoms with Gasteiger partial charge in [0.2, 0.25) is 5.13 Å². The molecule has 3 aromatic heterocycles. The van der Waals surface area contributed by atoms with Gasteiger partial charge in [0.05, 0.1) is 10.2 Å². The fourth-order valence-electron chi connectivity index (χ4n) is 2.35. The molecule has 3 heterocycles. The molecule has 0 spiro atoms. The molecule has 0 unspecified atom stereocenters. The number of benzene rings is 1. The maximum absolute atomic E-state index is 12.4. The largest absolute Gasteiger partial charge is 0.344 e. The van der Waals surface area contributed by atoms with Gasteiger partial charge < -0.3 is 4.98 Å². The Morgan fingerprint density at radius 2 is 2.05 bits per heavy atom. The van der Waals surface area contributed by atoms with Crippen LogP contribution in [0.1, 0.15) is 5.69 Å². The van der Waals surface area contributed by atoms with Crippen LogP contribution in [0.15, 0.2) is 39.9 Å².